The molecule has 13 heteroatoms. The van der Waals surface area contributed by atoms with Gasteiger partial charge in [0.2, 0.25) is 5.95 Å². The van der Waals surface area contributed by atoms with Gasteiger partial charge in [-0.1, -0.05) is 6.92 Å². The average molecular weight is 580 g/mol. The third kappa shape index (κ3) is 4.90. The molecule has 1 aromatic carbocycles. The molecule has 2 aromatic heterocycles. The molecule has 2 N–H and O–H groups in total. The third-order valence-electron chi connectivity index (χ3n) is 7.58. The maximum absolute atomic E-state index is 14.0. The van der Waals surface area contributed by atoms with Crippen molar-refractivity contribution >= 4 is 38.5 Å². The lowest BCUT2D eigenvalue weighted by Gasteiger charge is -2.30. The number of alkyl halides is 3. The minimum absolute atomic E-state index is 0.000583. The van der Waals surface area contributed by atoms with Crippen LogP contribution in [-0.2, 0) is 27.2 Å². The van der Waals surface area contributed by atoms with Crippen LogP contribution in [0.15, 0.2) is 35.4 Å². The fourth-order valence-electron chi connectivity index (χ4n) is 5.56. The number of benzene rings is 1. The van der Waals surface area contributed by atoms with Crippen LogP contribution in [0, 0.1) is 0 Å². The van der Waals surface area contributed by atoms with E-state index in [-0.39, 0.29) is 33.8 Å². The number of aryl methyl sites for hydroxylation is 1. The number of rotatable bonds is 5. The predicted octanol–water partition coefficient (Wildman–Crippen LogP) is 4.95. The van der Waals surface area contributed by atoms with Crippen LogP contribution in [0.5, 0.6) is 0 Å². The molecule has 3 aliphatic heterocycles. The van der Waals surface area contributed by atoms with Crippen molar-refractivity contribution in [2.24, 2.45) is 0 Å². The minimum Gasteiger partial charge on any atom is -0.372 e. The molecule has 2 bridgehead atoms. The lowest BCUT2D eigenvalue weighted by atomic mass is 10.1. The summed E-state index contributed by atoms with van der Waals surface area (Å²) in [5.74, 6) is -0.227. The molecule has 208 valence electrons. The Morgan fingerprint density at radius 3 is 2.79 bits per heavy atom. The van der Waals surface area contributed by atoms with Crippen molar-refractivity contribution < 1.29 is 26.3 Å². The van der Waals surface area contributed by atoms with E-state index in [1.807, 2.05) is 19.1 Å². The third-order valence-corrected chi connectivity index (χ3v) is 10.7. The molecule has 2 fully saturated rings. The largest absolute Gasteiger partial charge is 0.420 e. The number of nitrogens with zero attached hydrogens (tertiary/aromatic N) is 3. The molecule has 3 aliphatic rings. The molecule has 0 aliphatic carbocycles. The zero-order valence-corrected chi connectivity index (χ0v) is 23.0. The van der Waals surface area contributed by atoms with Crippen LogP contribution in [0.1, 0.15) is 42.4 Å². The highest BCUT2D eigenvalue weighted by atomic mass is 32.2. The monoisotopic (exact) mass is 579 g/mol. The van der Waals surface area contributed by atoms with Gasteiger partial charge in [0.25, 0.3) is 0 Å². The van der Waals surface area contributed by atoms with Crippen LogP contribution in [0.3, 0.4) is 0 Å². The van der Waals surface area contributed by atoms with Crippen molar-refractivity contribution in [3.8, 4) is 10.6 Å². The Balaban J connectivity index is 1.36. The van der Waals surface area contributed by atoms with Crippen molar-refractivity contribution in [3.05, 3.63) is 46.5 Å². The van der Waals surface area contributed by atoms with E-state index in [0.717, 1.165) is 48.3 Å². The molecule has 2 saturated heterocycles. The van der Waals surface area contributed by atoms with Crippen LogP contribution in [0.4, 0.5) is 30.5 Å². The number of hydrogen-bond acceptors (Lipinski definition) is 9. The Morgan fingerprint density at radius 2 is 2.10 bits per heavy atom. The zero-order chi connectivity index (χ0) is 27.5. The number of sulfone groups is 1. The van der Waals surface area contributed by atoms with Gasteiger partial charge in [0, 0.05) is 42.7 Å². The second-order valence-corrected chi connectivity index (χ2v) is 13.3. The van der Waals surface area contributed by atoms with E-state index in [0.29, 0.717) is 29.1 Å². The first-order valence-electron chi connectivity index (χ1n) is 12.9. The number of thiophene rings is 1. The SMILES string of the molecule is CCc1cc(N2C[C@H]3C[C@@H]2CN3)ccc1Nc1ncc(C(F)(F)F)c(-c2cc3c(s2)C(C)OCCS3(=O)=O)n1. The molecule has 0 amide bonds. The summed E-state index contributed by atoms with van der Waals surface area (Å²) in [7, 11) is -3.69. The number of fused-ring (bicyclic) bond motifs is 3. The topological polar surface area (TPSA) is 96.5 Å². The lowest BCUT2D eigenvalue weighted by molar-refractivity contribution is -0.137. The maximum Gasteiger partial charge on any atom is 0.420 e. The van der Waals surface area contributed by atoms with Crippen LogP contribution in [0.25, 0.3) is 10.6 Å². The van der Waals surface area contributed by atoms with E-state index in [4.69, 9.17) is 4.74 Å². The number of hydrogen-bond donors (Lipinski definition) is 2. The first kappa shape index (κ1) is 26.5. The van der Waals surface area contributed by atoms with E-state index >= 15 is 0 Å². The summed E-state index contributed by atoms with van der Waals surface area (Å²) in [5, 5.41) is 6.60. The molecule has 0 saturated carbocycles. The van der Waals surface area contributed by atoms with E-state index in [1.54, 1.807) is 6.92 Å². The molecule has 39 heavy (non-hydrogen) atoms. The molecule has 0 radical (unpaired) electrons. The van der Waals surface area contributed by atoms with Gasteiger partial charge < -0.3 is 20.3 Å². The molecule has 8 nitrogen and oxygen atoms in total. The summed E-state index contributed by atoms with van der Waals surface area (Å²) in [5.41, 5.74) is 1.43. The predicted molar refractivity (Wildman–Crippen MR) is 143 cm³/mol. The summed E-state index contributed by atoms with van der Waals surface area (Å²) >= 11 is 0.954. The van der Waals surface area contributed by atoms with Crippen LogP contribution < -0.4 is 15.5 Å². The maximum atomic E-state index is 14.0. The fourth-order valence-corrected chi connectivity index (χ4v) is 8.51. The highest BCUT2D eigenvalue weighted by Gasteiger charge is 2.39. The highest BCUT2D eigenvalue weighted by molar-refractivity contribution is 7.91. The molecule has 0 spiro atoms. The number of nitrogens with one attached hydrogen (secondary N) is 2. The van der Waals surface area contributed by atoms with E-state index in [2.05, 4.69) is 31.6 Å². The van der Waals surface area contributed by atoms with E-state index < -0.39 is 27.7 Å². The molecule has 3 atom stereocenters. The summed E-state index contributed by atoms with van der Waals surface area (Å²) in [6, 6.07) is 8.29. The lowest BCUT2D eigenvalue weighted by Crippen LogP contribution is -2.43. The van der Waals surface area contributed by atoms with Gasteiger partial charge in [0.05, 0.1) is 38.8 Å². The molecule has 5 heterocycles. The van der Waals surface area contributed by atoms with Gasteiger partial charge in [-0.3, -0.25) is 0 Å². The Labute approximate surface area is 228 Å². The second kappa shape index (κ2) is 9.72. The molecular weight excluding hydrogens is 551 g/mol. The molecule has 3 aromatic rings. The fraction of sp³-hybridized carbons (Fsp3) is 0.462. The van der Waals surface area contributed by atoms with Crippen molar-refractivity contribution in [2.45, 2.75) is 55.9 Å². The van der Waals surface area contributed by atoms with E-state index in [1.165, 1.54) is 6.07 Å². The minimum atomic E-state index is -4.73. The van der Waals surface area contributed by atoms with Crippen molar-refractivity contribution in [2.75, 3.05) is 35.7 Å². The number of aromatic nitrogens is 2. The van der Waals surface area contributed by atoms with Crippen molar-refractivity contribution in [1.29, 1.82) is 0 Å². The Bertz CT molecular complexity index is 1530. The Kier molecular flexibility index (Phi) is 6.60. The quantitative estimate of drug-likeness (QED) is 0.439. The first-order valence-corrected chi connectivity index (χ1v) is 15.3. The Hall–Kier alpha value is -2.74. The van der Waals surface area contributed by atoms with Gasteiger partial charge in [0.1, 0.15) is 5.56 Å². The van der Waals surface area contributed by atoms with Gasteiger partial charge in [-0.15, -0.1) is 11.3 Å². The number of ether oxygens (including phenoxy) is 1. The first-order chi connectivity index (χ1) is 18.5. The van der Waals surface area contributed by atoms with Crippen LogP contribution >= 0.6 is 11.3 Å². The zero-order valence-electron chi connectivity index (χ0n) is 21.4. The summed E-state index contributed by atoms with van der Waals surface area (Å²) in [6.45, 7) is 5.66. The van der Waals surface area contributed by atoms with Crippen LogP contribution in [0.2, 0.25) is 0 Å². The summed E-state index contributed by atoms with van der Waals surface area (Å²) < 4.78 is 73.1. The Morgan fingerprint density at radius 1 is 1.28 bits per heavy atom. The van der Waals surface area contributed by atoms with Gasteiger partial charge in [-0.25, -0.2) is 18.4 Å². The number of piperazine rings is 1. The highest BCUT2D eigenvalue weighted by Crippen LogP contribution is 2.44. The smallest absolute Gasteiger partial charge is 0.372 e. The summed E-state index contributed by atoms with van der Waals surface area (Å²) in [4.78, 5) is 11.1. The van der Waals surface area contributed by atoms with Gasteiger partial charge in [-0.2, -0.15) is 13.2 Å². The van der Waals surface area contributed by atoms with E-state index in [9.17, 15) is 21.6 Å². The number of anilines is 3. The normalized spacial score (nSPS) is 24.0. The van der Waals surface area contributed by atoms with Crippen LogP contribution in [-0.4, -0.2) is 55.9 Å². The van der Waals surface area contributed by atoms with Crippen molar-refractivity contribution in [3.63, 3.8) is 0 Å². The molecular formula is C26H28F3N5O3S2. The number of halogens is 3. The molecule has 1 unspecified atom stereocenters. The average Bonchev–Trinajstić information content (AvgIpc) is 3.63. The van der Waals surface area contributed by atoms with Gasteiger partial charge in [-0.05, 0) is 49.6 Å². The van der Waals surface area contributed by atoms with Gasteiger partial charge >= 0.3 is 6.18 Å². The molecule has 6 rings (SSSR count). The van der Waals surface area contributed by atoms with Crippen molar-refractivity contribution in [1.82, 2.24) is 15.3 Å². The van der Waals surface area contributed by atoms with Gasteiger partial charge in [0.15, 0.2) is 9.84 Å². The second-order valence-electron chi connectivity index (χ2n) is 10.1. The summed E-state index contributed by atoms with van der Waals surface area (Å²) in [6.07, 6.45) is -2.70. The standard InChI is InChI=1S/C26H28F3N5O3S2/c1-3-15-8-17(34-13-16-9-18(34)11-30-16)4-5-20(15)32-25-31-12-19(26(27,28)29)23(33-25)21-10-22-24(38-21)14(2)37-6-7-39(22,35)36/h4-5,8,10,12,14,16,18,30H,3,6-7,9,11,13H2,1-2H3,(H,31,32,33)/t14?,16-,18-/m1/s1.